The minimum absolute atomic E-state index is 0.190. The first-order valence-electron chi connectivity index (χ1n) is 6.36. The van der Waals surface area contributed by atoms with E-state index in [9.17, 15) is 0 Å². The first kappa shape index (κ1) is 15.7. The summed E-state index contributed by atoms with van der Waals surface area (Å²) in [4.78, 5) is 7.17. The lowest BCUT2D eigenvalue weighted by molar-refractivity contribution is 0.272. The minimum Gasteiger partial charge on any atom is -0.411 e. The molecular formula is C13H22N4OSi. The summed E-state index contributed by atoms with van der Waals surface area (Å²) >= 11 is 0. The van der Waals surface area contributed by atoms with Gasteiger partial charge in [-0.05, 0) is 35.8 Å². The van der Waals surface area contributed by atoms with Crippen LogP contribution < -0.4 is 0 Å². The summed E-state index contributed by atoms with van der Waals surface area (Å²) in [6.45, 7) is 11.9. The number of azide groups is 1. The van der Waals surface area contributed by atoms with Gasteiger partial charge < -0.3 is 4.43 Å². The summed E-state index contributed by atoms with van der Waals surface area (Å²) in [5.74, 6) is 0. The molecule has 0 amide bonds. The zero-order valence-electron chi connectivity index (χ0n) is 12.3. The average Bonchev–Trinajstić information content (AvgIpc) is 2.33. The summed E-state index contributed by atoms with van der Waals surface area (Å²) in [5.41, 5.74) is 9.96. The first-order chi connectivity index (χ1) is 8.76. The second kappa shape index (κ2) is 6.19. The number of rotatable bonds is 5. The molecule has 0 radical (unpaired) electrons. The van der Waals surface area contributed by atoms with Crippen molar-refractivity contribution < 1.29 is 4.43 Å². The SMILES string of the molecule is CC(C)(C)[Si](C)(C)OCc1cccc(CN=[N+]=[N-])n1. The topological polar surface area (TPSA) is 70.9 Å². The normalized spacial score (nSPS) is 12.1. The van der Waals surface area contributed by atoms with E-state index in [4.69, 9.17) is 9.96 Å². The van der Waals surface area contributed by atoms with E-state index in [1.54, 1.807) is 0 Å². The largest absolute Gasteiger partial charge is 0.411 e. The minimum atomic E-state index is -1.75. The van der Waals surface area contributed by atoms with Gasteiger partial charge in [-0.15, -0.1) is 0 Å². The van der Waals surface area contributed by atoms with E-state index in [0.29, 0.717) is 6.61 Å². The summed E-state index contributed by atoms with van der Waals surface area (Å²) in [6.07, 6.45) is 0. The molecule has 1 aromatic rings. The molecule has 0 bridgehead atoms. The number of aromatic nitrogens is 1. The van der Waals surface area contributed by atoms with Gasteiger partial charge in [0.15, 0.2) is 8.32 Å². The summed E-state index contributed by atoms with van der Waals surface area (Å²) in [6, 6.07) is 5.71. The predicted molar refractivity (Wildman–Crippen MR) is 79.1 cm³/mol. The predicted octanol–water partition coefficient (Wildman–Crippen LogP) is 4.41. The molecule has 104 valence electrons. The van der Waals surface area contributed by atoms with Gasteiger partial charge in [0.1, 0.15) is 0 Å². The van der Waals surface area contributed by atoms with E-state index in [0.717, 1.165) is 11.4 Å². The van der Waals surface area contributed by atoms with Crippen molar-refractivity contribution in [3.05, 3.63) is 40.0 Å². The number of hydrogen-bond donors (Lipinski definition) is 0. The molecule has 1 aromatic heterocycles. The lowest BCUT2D eigenvalue weighted by Gasteiger charge is -2.36. The van der Waals surface area contributed by atoms with Crippen LogP contribution in [0.25, 0.3) is 10.4 Å². The van der Waals surface area contributed by atoms with Crippen LogP contribution in [0.15, 0.2) is 23.3 Å². The van der Waals surface area contributed by atoms with Gasteiger partial charge in [0.05, 0.1) is 18.8 Å². The molecule has 6 heteroatoms. The smallest absolute Gasteiger partial charge is 0.192 e. The van der Waals surface area contributed by atoms with Crippen LogP contribution in [0.5, 0.6) is 0 Å². The lowest BCUT2D eigenvalue weighted by Crippen LogP contribution is -2.40. The summed E-state index contributed by atoms with van der Waals surface area (Å²) < 4.78 is 6.11. The van der Waals surface area contributed by atoms with Gasteiger partial charge in [-0.1, -0.05) is 32.0 Å². The number of pyridine rings is 1. The molecule has 0 N–H and O–H groups in total. The maximum atomic E-state index is 8.31. The Morgan fingerprint density at radius 1 is 1.32 bits per heavy atom. The van der Waals surface area contributed by atoms with Crippen LogP contribution in [-0.2, 0) is 17.6 Å². The molecule has 0 spiro atoms. The highest BCUT2D eigenvalue weighted by Crippen LogP contribution is 2.36. The molecule has 0 aliphatic heterocycles. The Bertz CT molecular complexity index is 476. The third kappa shape index (κ3) is 4.67. The Morgan fingerprint density at radius 2 is 1.95 bits per heavy atom. The van der Waals surface area contributed by atoms with Crippen molar-refractivity contribution in [2.45, 2.75) is 52.1 Å². The van der Waals surface area contributed by atoms with Crippen LogP contribution in [0, 0.1) is 0 Å². The zero-order chi connectivity index (χ0) is 14.5. The molecule has 0 saturated carbocycles. The molecule has 5 nitrogen and oxygen atoms in total. The fourth-order valence-electron chi connectivity index (χ4n) is 1.27. The number of nitrogens with zero attached hydrogens (tertiary/aromatic N) is 4. The molecule has 19 heavy (non-hydrogen) atoms. The Morgan fingerprint density at radius 3 is 2.53 bits per heavy atom. The molecule has 0 aliphatic carbocycles. The van der Waals surface area contributed by atoms with Crippen molar-refractivity contribution in [2.24, 2.45) is 5.11 Å². The first-order valence-corrected chi connectivity index (χ1v) is 9.27. The van der Waals surface area contributed by atoms with Crippen molar-refractivity contribution in [1.29, 1.82) is 0 Å². The third-order valence-corrected chi connectivity index (χ3v) is 8.03. The Balaban J connectivity index is 2.70. The van der Waals surface area contributed by atoms with Crippen LogP contribution in [-0.4, -0.2) is 13.3 Å². The van der Waals surface area contributed by atoms with Crippen molar-refractivity contribution in [3.63, 3.8) is 0 Å². The highest BCUT2D eigenvalue weighted by molar-refractivity contribution is 6.74. The quantitative estimate of drug-likeness (QED) is 0.346. The second-order valence-electron chi connectivity index (χ2n) is 6.06. The Labute approximate surface area is 115 Å². The summed E-state index contributed by atoms with van der Waals surface area (Å²) in [5, 5.41) is 3.71. The van der Waals surface area contributed by atoms with Gasteiger partial charge in [-0.2, -0.15) is 0 Å². The maximum Gasteiger partial charge on any atom is 0.192 e. The lowest BCUT2D eigenvalue weighted by atomic mass is 10.2. The fourth-order valence-corrected chi connectivity index (χ4v) is 2.21. The van der Waals surface area contributed by atoms with Crippen LogP contribution >= 0.6 is 0 Å². The Hall–Kier alpha value is -1.36. The van der Waals surface area contributed by atoms with E-state index in [1.807, 2.05) is 18.2 Å². The third-order valence-electron chi connectivity index (χ3n) is 3.55. The fraction of sp³-hybridized carbons (Fsp3) is 0.615. The van der Waals surface area contributed by atoms with Gasteiger partial charge in [0.25, 0.3) is 0 Å². The van der Waals surface area contributed by atoms with Gasteiger partial charge in [-0.3, -0.25) is 4.98 Å². The molecule has 0 atom stereocenters. The van der Waals surface area contributed by atoms with E-state index < -0.39 is 8.32 Å². The molecule has 0 unspecified atom stereocenters. The molecular weight excluding hydrogens is 256 g/mol. The van der Waals surface area contributed by atoms with Crippen LogP contribution in [0.1, 0.15) is 32.2 Å². The molecule has 0 fully saturated rings. The second-order valence-corrected chi connectivity index (χ2v) is 10.9. The van der Waals surface area contributed by atoms with Gasteiger partial charge in [0.2, 0.25) is 0 Å². The van der Waals surface area contributed by atoms with E-state index >= 15 is 0 Å². The van der Waals surface area contributed by atoms with Crippen molar-refractivity contribution in [1.82, 2.24) is 4.98 Å². The van der Waals surface area contributed by atoms with E-state index in [-0.39, 0.29) is 11.6 Å². The molecule has 1 rings (SSSR count). The van der Waals surface area contributed by atoms with Crippen molar-refractivity contribution >= 4 is 8.32 Å². The number of hydrogen-bond acceptors (Lipinski definition) is 3. The molecule has 0 saturated heterocycles. The molecule has 1 heterocycles. The standard InChI is InChI=1S/C13H22N4OSi/c1-13(2,3)19(4,5)18-10-12-8-6-7-11(16-12)9-15-17-14/h6-8H,9-10H2,1-5H3. The Kier molecular flexibility index (Phi) is 5.11. The van der Waals surface area contributed by atoms with Gasteiger partial charge >= 0.3 is 0 Å². The van der Waals surface area contributed by atoms with Crippen molar-refractivity contribution in [2.75, 3.05) is 0 Å². The van der Waals surface area contributed by atoms with E-state index in [2.05, 4.69) is 48.9 Å². The monoisotopic (exact) mass is 278 g/mol. The van der Waals surface area contributed by atoms with E-state index in [1.165, 1.54) is 0 Å². The molecule has 0 aliphatic rings. The molecule has 0 aromatic carbocycles. The summed E-state index contributed by atoms with van der Waals surface area (Å²) in [7, 11) is -1.75. The highest BCUT2D eigenvalue weighted by atomic mass is 28.4. The zero-order valence-corrected chi connectivity index (χ0v) is 13.3. The average molecular weight is 278 g/mol. The maximum absolute atomic E-state index is 8.31. The van der Waals surface area contributed by atoms with Gasteiger partial charge in [0, 0.05) is 10.6 Å². The van der Waals surface area contributed by atoms with Crippen molar-refractivity contribution in [3.8, 4) is 0 Å². The highest BCUT2D eigenvalue weighted by Gasteiger charge is 2.37. The van der Waals surface area contributed by atoms with Crippen LogP contribution in [0.4, 0.5) is 0 Å². The van der Waals surface area contributed by atoms with Gasteiger partial charge in [-0.25, -0.2) is 0 Å². The van der Waals surface area contributed by atoms with Crippen LogP contribution in [0.3, 0.4) is 0 Å². The van der Waals surface area contributed by atoms with Crippen LogP contribution in [0.2, 0.25) is 18.1 Å².